The highest BCUT2D eigenvalue weighted by atomic mass is 16.6. The SMILES string of the molecule is CCCC(=O)Oc1ccc(C(CC(C)OC(=O)CC)[C@H](N)C(=O)O)cc1OC(=O)CCC. The Balaban J connectivity index is 3.31. The van der Waals surface area contributed by atoms with E-state index in [1.165, 1.54) is 12.1 Å². The number of nitrogens with two attached hydrogens (primary N) is 1. The van der Waals surface area contributed by atoms with Crippen molar-refractivity contribution in [1.29, 1.82) is 0 Å². The Bertz CT molecular complexity index is 807. The van der Waals surface area contributed by atoms with Crippen molar-refractivity contribution in [3.8, 4) is 11.5 Å². The molecule has 0 spiro atoms. The second-order valence-corrected chi connectivity index (χ2v) is 7.51. The third kappa shape index (κ3) is 8.66. The molecule has 0 amide bonds. The number of carbonyl (C=O) groups excluding carboxylic acids is 3. The first-order chi connectivity index (χ1) is 15.1. The Hall–Kier alpha value is -2.94. The van der Waals surface area contributed by atoms with Crippen molar-refractivity contribution in [2.75, 3.05) is 0 Å². The summed E-state index contributed by atoms with van der Waals surface area (Å²) in [6.07, 6.45) is 1.24. The molecule has 1 rings (SSSR count). The molecule has 0 heterocycles. The lowest BCUT2D eigenvalue weighted by Gasteiger charge is -2.25. The standard InChI is InChI=1S/C23H33NO8/c1-5-8-20(26)31-17-11-10-15(13-18(17)32-21(27)9-6-2)16(22(24)23(28)29)12-14(4)30-19(25)7-3/h10-11,13-14,16,22H,5-9,12,24H2,1-4H3,(H,28,29)/t14?,16?,22-/m0/s1. The Morgan fingerprint density at radius 2 is 1.50 bits per heavy atom. The van der Waals surface area contributed by atoms with Crippen LogP contribution in [0.4, 0.5) is 0 Å². The second kappa shape index (κ2) is 13.5. The van der Waals surface area contributed by atoms with Gasteiger partial charge in [0, 0.05) is 25.2 Å². The predicted octanol–water partition coefficient (Wildman–Crippen LogP) is 3.32. The van der Waals surface area contributed by atoms with E-state index in [2.05, 4.69) is 0 Å². The maximum absolute atomic E-state index is 12.1. The van der Waals surface area contributed by atoms with Crippen molar-refractivity contribution >= 4 is 23.9 Å². The van der Waals surface area contributed by atoms with Gasteiger partial charge in [0.1, 0.15) is 6.04 Å². The van der Waals surface area contributed by atoms with E-state index in [1.807, 2.05) is 13.8 Å². The number of carboxylic acids is 1. The molecule has 0 saturated carbocycles. The lowest BCUT2D eigenvalue weighted by Crippen LogP contribution is -2.38. The minimum Gasteiger partial charge on any atom is -0.480 e. The van der Waals surface area contributed by atoms with Gasteiger partial charge < -0.3 is 25.1 Å². The molecule has 2 unspecified atom stereocenters. The van der Waals surface area contributed by atoms with Gasteiger partial charge in [0.2, 0.25) is 0 Å². The molecule has 3 atom stereocenters. The first-order valence-corrected chi connectivity index (χ1v) is 10.9. The largest absolute Gasteiger partial charge is 0.480 e. The monoisotopic (exact) mass is 451 g/mol. The number of rotatable bonds is 13. The summed E-state index contributed by atoms with van der Waals surface area (Å²) in [5.74, 6) is -3.32. The Kier molecular flexibility index (Phi) is 11.4. The molecule has 1 aromatic rings. The average molecular weight is 452 g/mol. The fraction of sp³-hybridized carbons (Fsp3) is 0.565. The maximum atomic E-state index is 12.1. The molecule has 0 aliphatic rings. The minimum atomic E-state index is -1.30. The maximum Gasteiger partial charge on any atom is 0.321 e. The summed E-state index contributed by atoms with van der Waals surface area (Å²) < 4.78 is 16.0. The summed E-state index contributed by atoms with van der Waals surface area (Å²) in [6.45, 7) is 6.96. The van der Waals surface area contributed by atoms with E-state index in [0.717, 1.165) is 0 Å². The molecule has 178 valence electrons. The van der Waals surface area contributed by atoms with E-state index in [-0.39, 0.29) is 37.2 Å². The summed E-state index contributed by atoms with van der Waals surface area (Å²) in [5.41, 5.74) is 6.38. The zero-order valence-electron chi connectivity index (χ0n) is 19.1. The van der Waals surface area contributed by atoms with Crippen molar-refractivity contribution in [2.24, 2.45) is 5.73 Å². The molecule has 0 aliphatic heterocycles. The molecule has 0 fully saturated rings. The van der Waals surface area contributed by atoms with E-state index in [0.29, 0.717) is 18.4 Å². The van der Waals surface area contributed by atoms with Crippen LogP contribution in [0.1, 0.15) is 77.7 Å². The summed E-state index contributed by atoms with van der Waals surface area (Å²) in [6, 6.07) is 3.16. The van der Waals surface area contributed by atoms with Crippen LogP contribution >= 0.6 is 0 Å². The van der Waals surface area contributed by atoms with Crippen LogP contribution in [0, 0.1) is 0 Å². The van der Waals surface area contributed by atoms with Gasteiger partial charge in [-0.15, -0.1) is 0 Å². The molecule has 0 aromatic heterocycles. The lowest BCUT2D eigenvalue weighted by atomic mass is 9.87. The van der Waals surface area contributed by atoms with Crippen molar-refractivity contribution < 1.29 is 38.5 Å². The smallest absolute Gasteiger partial charge is 0.321 e. The summed E-state index contributed by atoms with van der Waals surface area (Å²) in [4.78, 5) is 47.3. The van der Waals surface area contributed by atoms with Gasteiger partial charge in [-0.1, -0.05) is 26.8 Å². The van der Waals surface area contributed by atoms with E-state index in [1.54, 1.807) is 19.9 Å². The topological polar surface area (TPSA) is 142 Å². The van der Waals surface area contributed by atoms with E-state index < -0.39 is 41.9 Å². The van der Waals surface area contributed by atoms with Gasteiger partial charge in [-0.05, 0) is 43.9 Å². The average Bonchev–Trinajstić information content (AvgIpc) is 2.73. The molecular formula is C23H33NO8. The second-order valence-electron chi connectivity index (χ2n) is 7.51. The van der Waals surface area contributed by atoms with Crippen LogP contribution in [-0.4, -0.2) is 41.1 Å². The summed E-state index contributed by atoms with van der Waals surface area (Å²) in [5, 5.41) is 9.48. The van der Waals surface area contributed by atoms with E-state index in [4.69, 9.17) is 19.9 Å². The lowest BCUT2D eigenvalue weighted by molar-refractivity contribution is -0.148. The number of esters is 3. The van der Waals surface area contributed by atoms with Crippen LogP contribution in [0.5, 0.6) is 11.5 Å². The molecule has 32 heavy (non-hydrogen) atoms. The quantitative estimate of drug-likeness (QED) is 0.341. The Morgan fingerprint density at radius 1 is 0.938 bits per heavy atom. The number of hydrogen-bond acceptors (Lipinski definition) is 8. The van der Waals surface area contributed by atoms with Gasteiger partial charge >= 0.3 is 23.9 Å². The van der Waals surface area contributed by atoms with Crippen LogP contribution in [0.2, 0.25) is 0 Å². The fourth-order valence-corrected chi connectivity index (χ4v) is 3.05. The first kappa shape index (κ1) is 27.1. The number of carbonyl (C=O) groups is 4. The summed E-state index contributed by atoms with van der Waals surface area (Å²) in [7, 11) is 0. The van der Waals surface area contributed by atoms with Crippen LogP contribution < -0.4 is 15.2 Å². The zero-order valence-corrected chi connectivity index (χ0v) is 19.1. The Labute approximate surface area is 188 Å². The van der Waals surface area contributed by atoms with E-state index in [9.17, 15) is 24.3 Å². The van der Waals surface area contributed by atoms with Gasteiger partial charge in [0.25, 0.3) is 0 Å². The molecule has 1 aromatic carbocycles. The van der Waals surface area contributed by atoms with Crippen molar-refractivity contribution in [1.82, 2.24) is 0 Å². The zero-order chi connectivity index (χ0) is 24.3. The van der Waals surface area contributed by atoms with Crippen molar-refractivity contribution in [3.05, 3.63) is 23.8 Å². The van der Waals surface area contributed by atoms with Crippen molar-refractivity contribution in [3.63, 3.8) is 0 Å². The molecule has 9 heteroatoms. The highest BCUT2D eigenvalue weighted by Gasteiger charge is 2.30. The molecule has 3 N–H and O–H groups in total. The molecule has 9 nitrogen and oxygen atoms in total. The van der Waals surface area contributed by atoms with Gasteiger partial charge in [-0.25, -0.2) is 0 Å². The first-order valence-electron chi connectivity index (χ1n) is 10.9. The predicted molar refractivity (Wildman–Crippen MR) is 116 cm³/mol. The van der Waals surface area contributed by atoms with Gasteiger partial charge in [0.15, 0.2) is 11.5 Å². The fourth-order valence-electron chi connectivity index (χ4n) is 3.05. The normalized spacial score (nSPS) is 13.5. The molecule has 0 saturated heterocycles. The molecular weight excluding hydrogens is 418 g/mol. The van der Waals surface area contributed by atoms with Crippen LogP contribution in [0.25, 0.3) is 0 Å². The van der Waals surface area contributed by atoms with Gasteiger partial charge in [-0.3, -0.25) is 19.2 Å². The number of benzene rings is 1. The third-order valence-corrected chi connectivity index (χ3v) is 4.68. The minimum absolute atomic E-state index is 0.00574. The van der Waals surface area contributed by atoms with Gasteiger partial charge in [-0.2, -0.15) is 0 Å². The van der Waals surface area contributed by atoms with Crippen LogP contribution in [-0.2, 0) is 23.9 Å². The van der Waals surface area contributed by atoms with Crippen LogP contribution in [0.3, 0.4) is 0 Å². The summed E-state index contributed by atoms with van der Waals surface area (Å²) >= 11 is 0. The van der Waals surface area contributed by atoms with E-state index >= 15 is 0 Å². The highest BCUT2D eigenvalue weighted by molar-refractivity contribution is 5.77. The number of ether oxygens (including phenoxy) is 3. The van der Waals surface area contributed by atoms with Crippen LogP contribution in [0.15, 0.2) is 18.2 Å². The molecule has 0 radical (unpaired) electrons. The third-order valence-electron chi connectivity index (χ3n) is 4.68. The number of aliphatic carboxylic acids is 1. The van der Waals surface area contributed by atoms with Gasteiger partial charge in [0.05, 0.1) is 6.10 Å². The highest BCUT2D eigenvalue weighted by Crippen LogP contribution is 2.35. The Morgan fingerprint density at radius 3 is 2.00 bits per heavy atom. The molecule has 0 aliphatic carbocycles. The van der Waals surface area contributed by atoms with Crippen molar-refractivity contribution in [2.45, 2.75) is 84.3 Å². The number of hydrogen-bond donors (Lipinski definition) is 2. The number of carboxylic acid groups (broad SMARTS) is 1. The molecule has 0 bridgehead atoms.